The first-order valence-corrected chi connectivity index (χ1v) is 9.78. The molecule has 0 aliphatic heterocycles. The van der Waals surface area contributed by atoms with Gasteiger partial charge in [0, 0.05) is 12.3 Å². The first-order chi connectivity index (χ1) is 13.9. The number of rotatable bonds is 6. The second-order valence-electron chi connectivity index (χ2n) is 5.97. The second kappa shape index (κ2) is 8.99. The van der Waals surface area contributed by atoms with Crippen LogP contribution < -0.4 is 14.4 Å². The lowest BCUT2D eigenvalue weighted by Crippen LogP contribution is -2.40. The molecular weight excluding hydrogens is 425 g/mol. The van der Waals surface area contributed by atoms with E-state index in [2.05, 4.69) is 0 Å². The number of allylic oxidation sites excluding steroid dienone is 1. The Hall–Kier alpha value is -3.34. The van der Waals surface area contributed by atoms with Gasteiger partial charge >= 0.3 is 12.2 Å². The molecule has 0 bridgehead atoms. The maximum absolute atomic E-state index is 12.6. The molecule has 0 heterocycles. The molecule has 7 nitrogen and oxygen atoms in total. The Balaban J connectivity index is 2.36. The highest BCUT2D eigenvalue weighted by Crippen LogP contribution is 2.22. The van der Waals surface area contributed by atoms with E-state index in [4.69, 9.17) is 4.74 Å². The van der Waals surface area contributed by atoms with Crippen molar-refractivity contribution in [2.45, 2.75) is 18.0 Å². The molecule has 2 aromatic carbocycles. The van der Waals surface area contributed by atoms with Crippen molar-refractivity contribution in [3.63, 3.8) is 0 Å². The standard InChI is InChI=1S/C19H17F3N2O5S/c1-13-3-9-16(10-4-13)30(27,28)23-18(26)24(12-11-17(25)19(20,21)22)14-5-7-15(29-2)8-6-14/h3-12H,1-2H3,(H,23,26)/b12-11+. The van der Waals surface area contributed by atoms with Crippen molar-refractivity contribution in [3.8, 4) is 5.75 Å². The van der Waals surface area contributed by atoms with Crippen LogP contribution in [0.1, 0.15) is 5.56 Å². The molecule has 30 heavy (non-hydrogen) atoms. The predicted octanol–water partition coefficient (Wildman–Crippen LogP) is 3.55. The van der Waals surface area contributed by atoms with Gasteiger partial charge in [0.25, 0.3) is 15.8 Å². The molecule has 0 aliphatic carbocycles. The van der Waals surface area contributed by atoms with Crippen molar-refractivity contribution >= 4 is 27.5 Å². The molecule has 0 saturated carbocycles. The number of ketones is 1. The van der Waals surface area contributed by atoms with Gasteiger partial charge in [-0.2, -0.15) is 13.2 Å². The van der Waals surface area contributed by atoms with Crippen LogP contribution in [0.25, 0.3) is 0 Å². The van der Waals surface area contributed by atoms with Crippen LogP contribution in [0.2, 0.25) is 0 Å². The Morgan fingerprint density at radius 3 is 2.10 bits per heavy atom. The van der Waals surface area contributed by atoms with E-state index in [1.165, 1.54) is 55.6 Å². The lowest BCUT2D eigenvalue weighted by Gasteiger charge is -2.19. The number of hydrogen-bond acceptors (Lipinski definition) is 5. The molecule has 2 amide bonds. The summed E-state index contributed by atoms with van der Waals surface area (Å²) in [5.41, 5.74) is 0.785. The number of methoxy groups -OCH3 is 1. The molecule has 160 valence electrons. The van der Waals surface area contributed by atoms with E-state index >= 15 is 0 Å². The van der Waals surface area contributed by atoms with Gasteiger partial charge in [0.2, 0.25) is 0 Å². The Bertz CT molecular complexity index is 1050. The van der Waals surface area contributed by atoms with Crippen LogP contribution >= 0.6 is 0 Å². The monoisotopic (exact) mass is 442 g/mol. The summed E-state index contributed by atoms with van der Waals surface area (Å²) in [6.07, 6.45) is -4.48. The molecule has 0 aliphatic rings. The Morgan fingerprint density at radius 2 is 1.60 bits per heavy atom. The molecule has 0 atom stereocenters. The fourth-order valence-corrected chi connectivity index (χ4v) is 3.13. The van der Waals surface area contributed by atoms with Crippen molar-refractivity contribution in [3.05, 3.63) is 66.4 Å². The zero-order valence-corrected chi connectivity index (χ0v) is 16.6. The molecule has 2 aromatic rings. The summed E-state index contributed by atoms with van der Waals surface area (Å²) in [6.45, 7) is 1.74. The zero-order chi connectivity index (χ0) is 22.5. The summed E-state index contributed by atoms with van der Waals surface area (Å²) in [4.78, 5) is 24.1. The van der Waals surface area contributed by atoms with E-state index in [0.717, 1.165) is 5.56 Å². The smallest absolute Gasteiger partial charge is 0.454 e. The van der Waals surface area contributed by atoms with E-state index in [0.29, 0.717) is 16.8 Å². The number of anilines is 1. The maximum atomic E-state index is 12.6. The van der Waals surface area contributed by atoms with Crippen LogP contribution in [0.5, 0.6) is 5.75 Å². The number of aryl methyl sites for hydroxylation is 1. The zero-order valence-electron chi connectivity index (χ0n) is 15.8. The lowest BCUT2D eigenvalue weighted by molar-refractivity contribution is -0.165. The minimum atomic E-state index is -5.15. The number of hydrogen-bond donors (Lipinski definition) is 1. The van der Waals surface area contributed by atoms with E-state index < -0.39 is 28.0 Å². The van der Waals surface area contributed by atoms with Crippen LogP contribution in [0.15, 0.2) is 65.7 Å². The predicted molar refractivity (Wildman–Crippen MR) is 103 cm³/mol. The summed E-state index contributed by atoms with van der Waals surface area (Å²) in [6, 6.07) is 9.71. The van der Waals surface area contributed by atoms with Crippen molar-refractivity contribution in [1.29, 1.82) is 0 Å². The van der Waals surface area contributed by atoms with Crippen molar-refractivity contribution in [1.82, 2.24) is 4.72 Å². The van der Waals surface area contributed by atoms with Gasteiger partial charge in [0.05, 0.1) is 17.7 Å². The summed E-state index contributed by atoms with van der Waals surface area (Å²) < 4.78 is 69.1. The Kier molecular flexibility index (Phi) is 6.88. The molecule has 2 rings (SSSR count). The second-order valence-corrected chi connectivity index (χ2v) is 7.65. The van der Waals surface area contributed by atoms with Crippen molar-refractivity contribution in [2.24, 2.45) is 0 Å². The number of sulfonamides is 1. The van der Waals surface area contributed by atoms with Gasteiger partial charge < -0.3 is 4.74 Å². The number of alkyl halides is 3. The molecular formula is C19H17F3N2O5S. The summed E-state index contributed by atoms with van der Waals surface area (Å²) in [5.74, 6) is -1.82. The molecule has 0 unspecified atom stereocenters. The molecule has 0 saturated heterocycles. The van der Waals surface area contributed by atoms with Gasteiger partial charge in [-0.25, -0.2) is 17.9 Å². The van der Waals surface area contributed by atoms with Gasteiger partial charge in [-0.15, -0.1) is 0 Å². The largest absolute Gasteiger partial charge is 0.497 e. The van der Waals surface area contributed by atoms with E-state index in [1.807, 2.05) is 0 Å². The maximum Gasteiger partial charge on any atom is 0.454 e. The number of carbonyl (C=O) groups excluding carboxylic acids is 2. The van der Waals surface area contributed by atoms with Crippen LogP contribution in [-0.4, -0.2) is 33.5 Å². The summed E-state index contributed by atoms with van der Waals surface area (Å²) >= 11 is 0. The number of benzene rings is 2. The third kappa shape index (κ3) is 5.83. The Morgan fingerprint density at radius 1 is 1.03 bits per heavy atom. The first kappa shape index (κ1) is 22.9. The van der Waals surface area contributed by atoms with Crippen LogP contribution in [-0.2, 0) is 14.8 Å². The van der Waals surface area contributed by atoms with Gasteiger partial charge in [0.15, 0.2) is 0 Å². The quantitative estimate of drug-likeness (QED) is 0.691. The minimum Gasteiger partial charge on any atom is -0.497 e. The molecule has 0 aromatic heterocycles. The van der Waals surface area contributed by atoms with Gasteiger partial charge in [-0.05, 0) is 43.3 Å². The number of ether oxygens (including phenoxy) is 1. The van der Waals surface area contributed by atoms with Crippen molar-refractivity contribution < 1.29 is 35.9 Å². The summed E-state index contributed by atoms with van der Waals surface area (Å²) in [7, 11) is -2.93. The molecule has 1 N–H and O–H groups in total. The molecule has 0 fully saturated rings. The van der Waals surface area contributed by atoms with Gasteiger partial charge in [-0.1, -0.05) is 17.7 Å². The molecule has 11 heteroatoms. The number of halogens is 3. The summed E-state index contributed by atoms with van der Waals surface area (Å²) in [5, 5.41) is 0. The molecule has 0 radical (unpaired) electrons. The van der Waals surface area contributed by atoms with Gasteiger partial charge in [0.1, 0.15) is 5.75 Å². The first-order valence-electron chi connectivity index (χ1n) is 8.30. The average molecular weight is 442 g/mol. The van der Waals surface area contributed by atoms with E-state index in [1.54, 1.807) is 11.6 Å². The number of nitrogens with zero attached hydrogens (tertiary/aromatic N) is 1. The molecule has 0 spiro atoms. The fourth-order valence-electron chi connectivity index (χ4n) is 2.19. The lowest BCUT2D eigenvalue weighted by atomic mass is 10.2. The minimum absolute atomic E-state index is 0.00127. The normalized spacial score (nSPS) is 11.9. The number of nitrogens with one attached hydrogen (secondary N) is 1. The van der Waals surface area contributed by atoms with Gasteiger partial charge in [-0.3, -0.25) is 9.69 Å². The van der Waals surface area contributed by atoms with Crippen LogP contribution in [0, 0.1) is 6.92 Å². The van der Waals surface area contributed by atoms with Crippen LogP contribution in [0.3, 0.4) is 0 Å². The Labute approximate surface area is 170 Å². The third-order valence-electron chi connectivity index (χ3n) is 3.78. The van der Waals surface area contributed by atoms with E-state index in [-0.39, 0.29) is 16.7 Å². The SMILES string of the molecule is COc1ccc(N(/C=C/C(=O)C(F)(F)F)C(=O)NS(=O)(=O)c2ccc(C)cc2)cc1. The highest BCUT2D eigenvalue weighted by Gasteiger charge is 2.36. The topological polar surface area (TPSA) is 92.8 Å². The highest BCUT2D eigenvalue weighted by molar-refractivity contribution is 7.90. The average Bonchev–Trinajstić information content (AvgIpc) is 2.67. The van der Waals surface area contributed by atoms with E-state index in [9.17, 15) is 31.2 Å². The third-order valence-corrected chi connectivity index (χ3v) is 5.11. The van der Waals surface area contributed by atoms with Crippen molar-refractivity contribution in [2.75, 3.05) is 12.0 Å². The van der Waals surface area contributed by atoms with Crippen LogP contribution in [0.4, 0.5) is 23.7 Å². The highest BCUT2D eigenvalue weighted by atomic mass is 32.2. The number of carbonyl (C=O) groups is 2. The fraction of sp³-hybridized carbons (Fsp3) is 0.158. The number of urea groups is 1. The number of amides is 2.